The SMILES string of the molecule is CCCCN=C(c1ccccc1)c1sc2nc(C)cc(C)c2c1NC(=O)c1ccc([N+](=O)[O-])cc1. The summed E-state index contributed by atoms with van der Waals surface area (Å²) in [5.41, 5.74) is 4.64. The maximum Gasteiger partial charge on any atom is 0.269 e. The monoisotopic (exact) mass is 486 g/mol. The number of aromatic nitrogens is 1. The Labute approximate surface area is 207 Å². The Bertz CT molecular complexity index is 1410. The summed E-state index contributed by atoms with van der Waals surface area (Å²) in [5, 5.41) is 15.0. The van der Waals surface area contributed by atoms with Gasteiger partial charge in [0.15, 0.2) is 0 Å². The minimum absolute atomic E-state index is 0.0619. The third-order valence-corrected chi connectivity index (χ3v) is 6.70. The number of carbonyl (C=O) groups excluding carboxylic acids is 1. The van der Waals surface area contributed by atoms with Gasteiger partial charge in [-0.1, -0.05) is 43.7 Å². The van der Waals surface area contributed by atoms with Crippen molar-refractivity contribution in [2.75, 3.05) is 11.9 Å². The van der Waals surface area contributed by atoms with Gasteiger partial charge in [-0.3, -0.25) is 19.9 Å². The molecule has 0 fully saturated rings. The number of thiophene rings is 1. The number of nitro benzene ring substituents is 1. The van der Waals surface area contributed by atoms with E-state index >= 15 is 0 Å². The second-order valence-electron chi connectivity index (χ2n) is 8.27. The fourth-order valence-electron chi connectivity index (χ4n) is 3.89. The smallest absolute Gasteiger partial charge is 0.269 e. The summed E-state index contributed by atoms with van der Waals surface area (Å²) in [6.45, 7) is 6.76. The van der Waals surface area contributed by atoms with Gasteiger partial charge in [-0.15, -0.1) is 11.3 Å². The zero-order valence-electron chi connectivity index (χ0n) is 19.9. The van der Waals surface area contributed by atoms with Crippen LogP contribution in [-0.2, 0) is 0 Å². The molecule has 2 heterocycles. The first-order chi connectivity index (χ1) is 16.9. The Morgan fingerprint density at radius 1 is 1.09 bits per heavy atom. The molecular formula is C27H26N4O3S. The van der Waals surface area contributed by atoms with E-state index in [9.17, 15) is 14.9 Å². The van der Waals surface area contributed by atoms with Crippen LogP contribution in [0, 0.1) is 24.0 Å². The van der Waals surface area contributed by atoms with E-state index in [0.717, 1.165) is 50.5 Å². The topological polar surface area (TPSA) is 97.5 Å². The predicted octanol–water partition coefficient (Wildman–Crippen LogP) is 6.71. The van der Waals surface area contributed by atoms with E-state index in [4.69, 9.17) is 9.98 Å². The maximum atomic E-state index is 13.3. The molecule has 178 valence electrons. The molecule has 0 radical (unpaired) electrons. The number of benzene rings is 2. The number of fused-ring (bicyclic) bond motifs is 1. The molecule has 35 heavy (non-hydrogen) atoms. The number of non-ortho nitro benzene ring substituents is 1. The zero-order valence-corrected chi connectivity index (χ0v) is 20.7. The van der Waals surface area contributed by atoms with Gasteiger partial charge in [0.05, 0.1) is 21.2 Å². The first-order valence-corrected chi connectivity index (χ1v) is 12.3. The van der Waals surface area contributed by atoms with Crippen LogP contribution in [-0.4, -0.2) is 28.1 Å². The number of amides is 1. The molecule has 2 aromatic carbocycles. The van der Waals surface area contributed by atoms with Crippen LogP contribution < -0.4 is 5.32 Å². The number of hydrogen-bond acceptors (Lipinski definition) is 6. The summed E-state index contributed by atoms with van der Waals surface area (Å²) in [6, 6.07) is 17.5. The second kappa shape index (κ2) is 10.6. The molecule has 0 aliphatic heterocycles. The Kier molecular flexibility index (Phi) is 7.31. The van der Waals surface area contributed by atoms with Crippen LogP contribution in [0.3, 0.4) is 0 Å². The highest BCUT2D eigenvalue weighted by Crippen LogP contribution is 2.39. The first-order valence-electron chi connectivity index (χ1n) is 11.5. The van der Waals surface area contributed by atoms with Crippen molar-refractivity contribution in [1.29, 1.82) is 0 Å². The number of aliphatic imine (C=N–C) groups is 1. The number of anilines is 1. The van der Waals surface area contributed by atoms with E-state index in [0.29, 0.717) is 17.8 Å². The van der Waals surface area contributed by atoms with Crippen molar-refractivity contribution in [1.82, 2.24) is 4.98 Å². The lowest BCUT2D eigenvalue weighted by Crippen LogP contribution is -2.15. The number of hydrogen-bond donors (Lipinski definition) is 1. The van der Waals surface area contributed by atoms with Crippen molar-refractivity contribution in [2.24, 2.45) is 4.99 Å². The zero-order chi connectivity index (χ0) is 24.9. The summed E-state index contributed by atoms with van der Waals surface area (Å²) in [6.07, 6.45) is 1.99. The molecule has 4 rings (SSSR count). The van der Waals surface area contributed by atoms with Crippen LogP contribution in [0.1, 0.15) is 51.8 Å². The highest BCUT2D eigenvalue weighted by atomic mass is 32.1. The minimum atomic E-state index is -0.484. The Hall–Kier alpha value is -3.91. The second-order valence-corrected chi connectivity index (χ2v) is 9.27. The number of rotatable bonds is 8. The number of unbranched alkanes of at least 4 members (excludes halogenated alkanes) is 1. The number of nitro groups is 1. The quantitative estimate of drug-likeness (QED) is 0.129. The number of aryl methyl sites for hydroxylation is 2. The fourth-order valence-corrected chi connectivity index (χ4v) is 5.17. The third-order valence-electron chi connectivity index (χ3n) is 5.61. The molecule has 0 bridgehead atoms. The molecule has 1 N–H and O–H groups in total. The van der Waals surface area contributed by atoms with Gasteiger partial charge in [-0.25, -0.2) is 4.98 Å². The van der Waals surface area contributed by atoms with Crippen molar-refractivity contribution >= 4 is 44.5 Å². The van der Waals surface area contributed by atoms with Gasteiger partial charge >= 0.3 is 0 Å². The molecule has 0 spiro atoms. The molecule has 0 aliphatic rings. The molecule has 0 saturated heterocycles. The summed E-state index contributed by atoms with van der Waals surface area (Å²) < 4.78 is 0. The lowest BCUT2D eigenvalue weighted by Gasteiger charge is -2.11. The van der Waals surface area contributed by atoms with Crippen molar-refractivity contribution in [2.45, 2.75) is 33.6 Å². The average molecular weight is 487 g/mol. The Morgan fingerprint density at radius 3 is 2.46 bits per heavy atom. The third kappa shape index (κ3) is 5.27. The van der Waals surface area contributed by atoms with Crippen molar-refractivity contribution in [3.05, 3.63) is 98.0 Å². The summed E-state index contributed by atoms with van der Waals surface area (Å²) in [4.78, 5) is 35.1. The lowest BCUT2D eigenvalue weighted by atomic mass is 10.0. The van der Waals surface area contributed by atoms with E-state index in [2.05, 4.69) is 12.2 Å². The highest BCUT2D eigenvalue weighted by molar-refractivity contribution is 7.21. The largest absolute Gasteiger partial charge is 0.320 e. The number of nitrogens with one attached hydrogen (secondary N) is 1. The molecule has 8 heteroatoms. The summed E-state index contributed by atoms with van der Waals surface area (Å²) in [7, 11) is 0. The first kappa shape index (κ1) is 24.2. The molecule has 0 aliphatic carbocycles. The van der Waals surface area contributed by atoms with E-state index in [1.54, 1.807) is 0 Å². The van der Waals surface area contributed by atoms with E-state index in [1.807, 2.05) is 50.2 Å². The Morgan fingerprint density at radius 2 is 1.80 bits per heavy atom. The van der Waals surface area contributed by atoms with Crippen LogP contribution in [0.25, 0.3) is 10.2 Å². The Balaban J connectivity index is 1.85. The van der Waals surface area contributed by atoms with Crippen molar-refractivity contribution in [3.8, 4) is 0 Å². The number of nitrogens with zero attached hydrogens (tertiary/aromatic N) is 3. The van der Waals surface area contributed by atoms with E-state index in [-0.39, 0.29) is 11.6 Å². The number of carbonyl (C=O) groups is 1. The molecule has 2 aromatic heterocycles. The van der Waals surface area contributed by atoms with Gasteiger partial charge in [0.25, 0.3) is 11.6 Å². The van der Waals surface area contributed by atoms with Gasteiger partial charge < -0.3 is 5.32 Å². The molecular weight excluding hydrogens is 460 g/mol. The maximum absolute atomic E-state index is 13.3. The van der Waals surface area contributed by atoms with Gasteiger partial charge in [0.2, 0.25) is 0 Å². The van der Waals surface area contributed by atoms with Crippen LogP contribution in [0.2, 0.25) is 0 Å². The number of pyridine rings is 1. The molecule has 7 nitrogen and oxygen atoms in total. The molecule has 4 aromatic rings. The fraction of sp³-hybridized carbons (Fsp3) is 0.222. The van der Waals surface area contributed by atoms with Crippen LogP contribution >= 0.6 is 11.3 Å². The van der Waals surface area contributed by atoms with Gasteiger partial charge in [-0.2, -0.15) is 0 Å². The minimum Gasteiger partial charge on any atom is -0.320 e. The normalized spacial score (nSPS) is 11.6. The summed E-state index contributed by atoms with van der Waals surface area (Å²) >= 11 is 1.51. The van der Waals surface area contributed by atoms with Crippen LogP contribution in [0.15, 0.2) is 65.7 Å². The van der Waals surface area contributed by atoms with Crippen molar-refractivity contribution < 1.29 is 9.72 Å². The van der Waals surface area contributed by atoms with E-state index in [1.165, 1.54) is 35.6 Å². The van der Waals surface area contributed by atoms with Crippen molar-refractivity contribution in [3.63, 3.8) is 0 Å². The lowest BCUT2D eigenvalue weighted by molar-refractivity contribution is -0.384. The summed E-state index contributed by atoms with van der Waals surface area (Å²) in [5.74, 6) is -0.346. The van der Waals surface area contributed by atoms with Crippen LogP contribution in [0.5, 0.6) is 0 Å². The van der Waals surface area contributed by atoms with Crippen LogP contribution in [0.4, 0.5) is 11.4 Å². The molecule has 1 amide bonds. The van der Waals surface area contributed by atoms with E-state index < -0.39 is 4.92 Å². The predicted molar refractivity (Wildman–Crippen MR) is 142 cm³/mol. The average Bonchev–Trinajstić information content (AvgIpc) is 3.20. The van der Waals surface area contributed by atoms with Gasteiger partial charge in [-0.05, 0) is 44.0 Å². The standard InChI is InChI=1S/C27H26N4O3S/c1-4-5-15-28-23(19-9-7-6-8-10-19)25-24(22-17(2)16-18(3)29-27(22)35-25)30-26(32)20-11-13-21(14-12-20)31(33)34/h6-14,16H,4-5,15H2,1-3H3,(H,30,32). The van der Waals surface area contributed by atoms with Gasteiger partial charge in [0.1, 0.15) is 4.83 Å². The van der Waals surface area contributed by atoms with Gasteiger partial charge in [0, 0.05) is 40.9 Å². The molecule has 0 saturated carbocycles. The highest BCUT2D eigenvalue weighted by Gasteiger charge is 2.23. The molecule has 0 unspecified atom stereocenters. The molecule has 0 atom stereocenters.